The van der Waals surface area contributed by atoms with Gasteiger partial charge >= 0.3 is 5.97 Å². The molecule has 0 aliphatic carbocycles. The van der Waals surface area contributed by atoms with Gasteiger partial charge < -0.3 is 5.11 Å². The highest BCUT2D eigenvalue weighted by Gasteiger charge is 2.18. The zero-order valence-corrected chi connectivity index (χ0v) is 8.98. The van der Waals surface area contributed by atoms with Gasteiger partial charge in [0.1, 0.15) is 0 Å². The normalized spacial score (nSPS) is 11.3. The predicted molar refractivity (Wildman–Crippen MR) is 53.7 cm³/mol. The fraction of sp³-hybridized carbons (Fsp3) is 0.600. The van der Waals surface area contributed by atoms with Crippen LogP contribution >= 0.6 is 0 Å². The summed E-state index contributed by atoms with van der Waals surface area (Å²) in [5.41, 5.74) is 0.972. The Morgan fingerprint density at radius 1 is 1.43 bits per heavy atom. The molecule has 0 saturated carbocycles. The van der Waals surface area contributed by atoms with Crippen LogP contribution in [0.4, 0.5) is 0 Å². The summed E-state index contributed by atoms with van der Waals surface area (Å²) in [4.78, 5) is 10.9. The molecule has 1 rings (SSSR count). The first-order valence-electron chi connectivity index (χ1n) is 4.75. The third-order valence-corrected chi connectivity index (χ3v) is 2.11. The summed E-state index contributed by atoms with van der Waals surface area (Å²) < 4.78 is 1.69. The molecule has 1 aromatic heterocycles. The first kappa shape index (κ1) is 10.8. The lowest BCUT2D eigenvalue weighted by Gasteiger charge is -2.03. The van der Waals surface area contributed by atoms with Crippen LogP contribution in [-0.4, -0.2) is 20.9 Å². The highest BCUT2D eigenvalue weighted by Crippen LogP contribution is 2.20. The SMILES string of the molecule is CC(C)c1cn(C(C)C)nc1C(=O)O. The number of hydrogen-bond acceptors (Lipinski definition) is 2. The van der Waals surface area contributed by atoms with Crippen molar-refractivity contribution in [1.82, 2.24) is 9.78 Å². The molecule has 1 heterocycles. The molecule has 4 heteroatoms. The van der Waals surface area contributed by atoms with Gasteiger partial charge in [-0.25, -0.2) is 4.79 Å². The Labute approximate surface area is 83.5 Å². The number of aromatic carboxylic acids is 1. The molecule has 4 nitrogen and oxygen atoms in total. The summed E-state index contributed by atoms with van der Waals surface area (Å²) in [6.07, 6.45) is 1.82. The van der Waals surface area contributed by atoms with Crippen molar-refractivity contribution < 1.29 is 9.90 Å². The monoisotopic (exact) mass is 196 g/mol. The van der Waals surface area contributed by atoms with Crippen molar-refractivity contribution >= 4 is 5.97 Å². The van der Waals surface area contributed by atoms with Crippen molar-refractivity contribution in [3.8, 4) is 0 Å². The number of carboxylic acids is 1. The average molecular weight is 196 g/mol. The lowest BCUT2D eigenvalue weighted by atomic mass is 10.0. The third kappa shape index (κ3) is 1.95. The van der Waals surface area contributed by atoms with E-state index in [1.54, 1.807) is 4.68 Å². The van der Waals surface area contributed by atoms with Crippen LogP contribution in [0.1, 0.15) is 55.7 Å². The molecule has 0 atom stereocenters. The zero-order valence-electron chi connectivity index (χ0n) is 8.98. The molecule has 0 aromatic carbocycles. The minimum atomic E-state index is -0.951. The van der Waals surface area contributed by atoms with Crippen LogP contribution in [0.2, 0.25) is 0 Å². The van der Waals surface area contributed by atoms with Gasteiger partial charge in [0.15, 0.2) is 5.69 Å². The van der Waals surface area contributed by atoms with Crippen molar-refractivity contribution in [3.05, 3.63) is 17.5 Å². The van der Waals surface area contributed by atoms with Gasteiger partial charge in [-0.3, -0.25) is 4.68 Å². The van der Waals surface area contributed by atoms with E-state index >= 15 is 0 Å². The quantitative estimate of drug-likeness (QED) is 0.806. The molecule has 0 fully saturated rings. The summed E-state index contributed by atoms with van der Waals surface area (Å²) in [6.45, 7) is 7.88. The average Bonchev–Trinajstić information content (AvgIpc) is 2.47. The number of hydrogen-bond donors (Lipinski definition) is 1. The first-order chi connectivity index (χ1) is 6.43. The Morgan fingerprint density at radius 2 is 2.00 bits per heavy atom. The second-order valence-electron chi connectivity index (χ2n) is 3.97. The van der Waals surface area contributed by atoms with E-state index < -0.39 is 5.97 Å². The van der Waals surface area contributed by atoms with Crippen molar-refractivity contribution in [2.75, 3.05) is 0 Å². The summed E-state index contributed by atoms with van der Waals surface area (Å²) in [5.74, 6) is -0.762. The van der Waals surface area contributed by atoms with Gasteiger partial charge in [0.2, 0.25) is 0 Å². The Kier molecular flexibility index (Phi) is 2.93. The lowest BCUT2D eigenvalue weighted by molar-refractivity contribution is 0.0687. The molecule has 0 spiro atoms. The van der Waals surface area contributed by atoms with E-state index in [4.69, 9.17) is 5.11 Å². The highest BCUT2D eigenvalue weighted by atomic mass is 16.4. The fourth-order valence-electron chi connectivity index (χ4n) is 1.26. The molecule has 0 aliphatic rings. The third-order valence-electron chi connectivity index (χ3n) is 2.11. The molecule has 0 aliphatic heterocycles. The van der Waals surface area contributed by atoms with E-state index in [-0.39, 0.29) is 17.7 Å². The zero-order chi connectivity index (χ0) is 10.9. The topological polar surface area (TPSA) is 55.1 Å². The maximum atomic E-state index is 10.9. The molecule has 0 amide bonds. The van der Waals surface area contributed by atoms with E-state index in [1.807, 2.05) is 33.9 Å². The van der Waals surface area contributed by atoms with Gasteiger partial charge in [-0.2, -0.15) is 5.10 Å². The Bertz CT molecular complexity index is 340. The van der Waals surface area contributed by atoms with E-state index in [0.717, 1.165) is 5.56 Å². The predicted octanol–water partition coefficient (Wildman–Crippen LogP) is 2.29. The Balaban J connectivity index is 3.19. The second kappa shape index (κ2) is 3.82. The van der Waals surface area contributed by atoms with Crippen molar-refractivity contribution in [2.24, 2.45) is 0 Å². The molecular weight excluding hydrogens is 180 g/mol. The molecular formula is C10H16N2O2. The number of carboxylic acid groups (broad SMARTS) is 1. The minimum Gasteiger partial charge on any atom is -0.476 e. The maximum Gasteiger partial charge on any atom is 0.356 e. The van der Waals surface area contributed by atoms with Gasteiger partial charge in [-0.05, 0) is 19.8 Å². The van der Waals surface area contributed by atoms with Gasteiger partial charge in [-0.1, -0.05) is 13.8 Å². The van der Waals surface area contributed by atoms with Crippen LogP contribution < -0.4 is 0 Å². The molecule has 78 valence electrons. The maximum absolute atomic E-state index is 10.9. The molecule has 0 saturated heterocycles. The van der Waals surface area contributed by atoms with Crippen molar-refractivity contribution in [1.29, 1.82) is 0 Å². The highest BCUT2D eigenvalue weighted by molar-refractivity contribution is 5.87. The smallest absolute Gasteiger partial charge is 0.356 e. The van der Waals surface area contributed by atoms with E-state index in [9.17, 15) is 4.79 Å². The number of carbonyl (C=O) groups is 1. The largest absolute Gasteiger partial charge is 0.476 e. The van der Waals surface area contributed by atoms with Crippen LogP contribution in [0.25, 0.3) is 0 Å². The van der Waals surface area contributed by atoms with Crippen LogP contribution in [0.15, 0.2) is 6.20 Å². The number of nitrogens with zero attached hydrogens (tertiary/aromatic N) is 2. The second-order valence-corrected chi connectivity index (χ2v) is 3.97. The van der Waals surface area contributed by atoms with E-state index in [1.165, 1.54) is 0 Å². The molecule has 1 aromatic rings. The van der Waals surface area contributed by atoms with Crippen molar-refractivity contribution in [3.63, 3.8) is 0 Å². The number of rotatable bonds is 3. The summed E-state index contributed by atoms with van der Waals surface area (Å²) in [5, 5.41) is 13.0. The lowest BCUT2D eigenvalue weighted by Crippen LogP contribution is -2.05. The summed E-state index contributed by atoms with van der Waals surface area (Å²) in [6, 6.07) is 0.195. The fourth-order valence-corrected chi connectivity index (χ4v) is 1.26. The van der Waals surface area contributed by atoms with E-state index in [0.29, 0.717) is 0 Å². The van der Waals surface area contributed by atoms with E-state index in [2.05, 4.69) is 5.10 Å². The van der Waals surface area contributed by atoms with Crippen LogP contribution in [0, 0.1) is 0 Å². The van der Waals surface area contributed by atoms with Gasteiger partial charge in [0.25, 0.3) is 0 Å². The standard InChI is InChI=1S/C10H16N2O2/c1-6(2)8-5-12(7(3)4)11-9(8)10(13)14/h5-7H,1-4H3,(H,13,14). The minimum absolute atomic E-state index is 0.175. The Morgan fingerprint density at radius 3 is 2.29 bits per heavy atom. The van der Waals surface area contributed by atoms with Gasteiger partial charge in [-0.15, -0.1) is 0 Å². The van der Waals surface area contributed by atoms with Crippen LogP contribution in [0.3, 0.4) is 0 Å². The van der Waals surface area contributed by atoms with Crippen LogP contribution in [-0.2, 0) is 0 Å². The van der Waals surface area contributed by atoms with Crippen LogP contribution in [0.5, 0.6) is 0 Å². The van der Waals surface area contributed by atoms with Crippen molar-refractivity contribution in [2.45, 2.75) is 39.7 Å². The first-order valence-corrected chi connectivity index (χ1v) is 4.75. The molecule has 1 N–H and O–H groups in total. The molecule has 0 radical (unpaired) electrons. The van der Waals surface area contributed by atoms with Gasteiger partial charge in [0.05, 0.1) is 0 Å². The number of aromatic nitrogens is 2. The Hall–Kier alpha value is -1.32. The molecule has 0 bridgehead atoms. The molecule has 14 heavy (non-hydrogen) atoms. The summed E-state index contributed by atoms with van der Waals surface area (Å²) in [7, 11) is 0. The van der Waals surface area contributed by atoms with Gasteiger partial charge in [0, 0.05) is 17.8 Å². The molecule has 0 unspecified atom stereocenters. The summed E-state index contributed by atoms with van der Waals surface area (Å²) >= 11 is 0.